The third kappa shape index (κ3) is 8.74. The Morgan fingerprint density at radius 1 is 0.941 bits per heavy atom. The molecule has 1 saturated heterocycles. The van der Waals surface area contributed by atoms with Gasteiger partial charge in [-0.1, -0.05) is 36.4 Å². The Morgan fingerprint density at radius 2 is 1.59 bits per heavy atom. The first-order valence-electron chi connectivity index (χ1n) is 11.0. The summed E-state index contributed by atoms with van der Waals surface area (Å²) in [7, 11) is 1.67. The van der Waals surface area contributed by atoms with Gasteiger partial charge in [-0.25, -0.2) is 9.59 Å². The number of esters is 1. The molecule has 0 amide bonds. The van der Waals surface area contributed by atoms with Gasteiger partial charge in [0, 0.05) is 6.54 Å². The molecule has 34 heavy (non-hydrogen) atoms. The lowest BCUT2D eigenvalue weighted by Crippen LogP contribution is -2.36. The zero-order valence-corrected chi connectivity index (χ0v) is 19.4. The van der Waals surface area contributed by atoms with Crippen molar-refractivity contribution in [1.82, 2.24) is 4.90 Å². The maximum absolute atomic E-state index is 11.9. The molecule has 3 rings (SSSR count). The number of methoxy groups -OCH3 is 1. The minimum atomic E-state index is -1.82. The van der Waals surface area contributed by atoms with Crippen molar-refractivity contribution in [2.45, 2.75) is 32.9 Å². The van der Waals surface area contributed by atoms with Crippen LogP contribution in [0.15, 0.2) is 48.5 Å². The molecule has 1 aliphatic rings. The molecule has 9 heteroatoms. The maximum atomic E-state index is 11.9. The predicted molar refractivity (Wildman–Crippen MR) is 124 cm³/mol. The number of carbonyl (C=O) groups is 3. The Labute approximate surface area is 198 Å². The molecule has 0 spiro atoms. The van der Waals surface area contributed by atoms with Crippen LogP contribution in [0.4, 0.5) is 0 Å². The average Bonchev–Trinajstić information content (AvgIpc) is 2.84. The fraction of sp³-hybridized carbons (Fsp3) is 0.400. The van der Waals surface area contributed by atoms with Gasteiger partial charge in [-0.05, 0) is 56.1 Å². The van der Waals surface area contributed by atoms with Crippen LogP contribution < -0.4 is 9.47 Å². The van der Waals surface area contributed by atoms with E-state index in [0.29, 0.717) is 13.2 Å². The average molecular weight is 474 g/mol. The van der Waals surface area contributed by atoms with Gasteiger partial charge in [0.15, 0.2) is 11.5 Å². The normalized spacial score (nSPS) is 13.8. The molecule has 0 bridgehead atoms. The summed E-state index contributed by atoms with van der Waals surface area (Å²) < 4.78 is 16.6. The smallest absolute Gasteiger partial charge is 0.414 e. The molecule has 9 nitrogen and oxygen atoms in total. The van der Waals surface area contributed by atoms with Gasteiger partial charge >= 0.3 is 17.9 Å². The standard InChI is InChI=1S/C23H29NO4.C2H2O4/c1-3-27-23(25)20-11-13-24(14-12-20)16-19-9-10-21(22(15-19)26-2)28-17-18-7-5-4-6-8-18;3-1(4)2(5)6/h4-10,15,20H,3,11-14,16-17H2,1-2H3;(H,3,4)(H,5,6). The maximum Gasteiger partial charge on any atom is 0.414 e. The van der Waals surface area contributed by atoms with Crippen LogP contribution in [-0.4, -0.2) is 59.8 Å². The van der Waals surface area contributed by atoms with E-state index >= 15 is 0 Å². The molecule has 1 heterocycles. The predicted octanol–water partition coefficient (Wildman–Crippen LogP) is 3.20. The number of nitrogens with zero attached hydrogens (tertiary/aromatic N) is 1. The number of carbonyl (C=O) groups excluding carboxylic acids is 1. The summed E-state index contributed by atoms with van der Waals surface area (Å²) in [5.41, 5.74) is 2.30. The van der Waals surface area contributed by atoms with Crippen LogP contribution in [0, 0.1) is 5.92 Å². The molecule has 184 valence electrons. The summed E-state index contributed by atoms with van der Waals surface area (Å²) in [6, 6.07) is 16.2. The number of carboxylic acid groups (broad SMARTS) is 2. The molecule has 0 aliphatic carbocycles. The molecule has 2 aromatic carbocycles. The first-order valence-corrected chi connectivity index (χ1v) is 11.0. The van der Waals surface area contributed by atoms with E-state index in [1.807, 2.05) is 49.4 Å². The number of rotatable bonds is 8. The SMILES string of the molecule is CCOC(=O)C1CCN(Cc2ccc(OCc3ccccc3)c(OC)c2)CC1.O=C(O)C(=O)O. The van der Waals surface area contributed by atoms with E-state index in [9.17, 15) is 4.79 Å². The molecule has 0 saturated carbocycles. The van der Waals surface area contributed by atoms with Crippen LogP contribution >= 0.6 is 0 Å². The highest BCUT2D eigenvalue weighted by Crippen LogP contribution is 2.30. The van der Waals surface area contributed by atoms with E-state index in [1.165, 1.54) is 5.56 Å². The van der Waals surface area contributed by atoms with Gasteiger partial charge in [-0.2, -0.15) is 0 Å². The number of benzene rings is 2. The van der Waals surface area contributed by atoms with Crippen molar-refractivity contribution in [3.05, 3.63) is 59.7 Å². The minimum Gasteiger partial charge on any atom is -0.493 e. The van der Waals surface area contributed by atoms with Crippen LogP contribution in [0.5, 0.6) is 11.5 Å². The monoisotopic (exact) mass is 473 g/mol. The molecule has 1 aliphatic heterocycles. The van der Waals surface area contributed by atoms with Gasteiger partial charge in [0.25, 0.3) is 0 Å². The highest BCUT2D eigenvalue weighted by molar-refractivity contribution is 6.27. The molecule has 0 unspecified atom stereocenters. The van der Waals surface area contributed by atoms with Crippen LogP contribution in [0.3, 0.4) is 0 Å². The number of carboxylic acids is 2. The zero-order chi connectivity index (χ0) is 24.9. The van der Waals surface area contributed by atoms with E-state index in [1.54, 1.807) is 7.11 Å². The van der Waals surface area contributed by atoms with E-state index in [-0.39, 0.29) is 11.9 Å². The topological polar surface area (TPSA) is 123 Å². The van der Waals surface area contributed by atoms with Crippen LogP contribution in [0.2, 0.25) is 0 Å². The van der Waals surface area contributed by atoms with Crippen molar-refractivity contribution in [1.29, 1.82) is 0 Å². The summed E-state index contributed by atoms with van der Waals surface area (Å²) in [5, 5.41) is 14.8. The second-order valence-electron chi connectivity index (χ2n) is 7.67. The van der Waals surface area contributed by atoms with Crippen molar-refractivity contribution < 1.29 is 38.8 Å². The summed E-state index contributed by atoms with van der Waals surface area (Å²) in [6.45, 7) is 5.46. The third-order valence-corrected chi connectivity index (χ3v) is 5.26. The summed E-state index contributed by atoms with van der Waals surface area (Å²) >= 11 is 0. The minimum absolute atomic E-state index is 0.0412. The first-order chi connectivity index (χ1) is 16.3. The Morgan fingerprint density at radius 3 is 2.15 bits per heavy atom. The largest absolute Gasteiger partial charge is 0.493 e. The summed E-state index contributed by atoms with van der Waals surface area (Å²) in [6.07, 6.45) is 1.71. The van der Waals surface area contributed by atoms with Gasteiger partial charge in [-0.3, -0.25) is 9.69 Å². The molecular formula is C25H31NO8. The Balaban J connectivity index is 0.000000604. The van der Waals surface area contributed by atoms with E-state index in [0.717, 1.165) is 49.5 Å². The lowest BCUT2D eigenvalue weighted by molar-refractivity contribution is -0.159. The van der Waals surface area contributed by atoms with Crippen molar-refractivity contribution in [3.63, 3.8) is 0 Å². The van der Waals surface area contributed by atoms with Gasteiger partial charge < -0.3 is 24.4 Å². The second kappa shape index (κ2) is 13.8. The fourth-order valence-electron chi connectivity index (χ4n) is 3.51. The lowest BCUT2D eigenvalue weighted by Gasteiger charge is -2.30. The van der Waals surface area contributed by atoms with Gasteiger partial charge in [0.05, 0.1) is 19.6 Å². The van der Waals surface area contributed by atoms with E-state index in [2.05, 4.69) is 11.0 Å². The number of hydrogen-bond acceptors (Lipinski definition) is 7. The molecule has 2 aromatic rings. The van der Waals surface area contributed by atoms with Crippen molar-refractivity contribution in [2.24, 2.45) is 5.92 Å². The Bertz CT molecular complexity index is 927. The quantitative estimate of drug-likeness (QED) is 0.439. The van der Waals surface area contributed by atoms with Gasteiger partial charge in [0.2, 0.25) is 0 Å². The van der Waals surface area contributed by atoms with Crippen LogP contribution in [-0.2, 0) is 32.3 Å². The lowest BCUT2D eigenvalue weighted by atomic mass is 9.96. The number of likely N-dealkylation sites (tertiary alicyclic amines) is 1. The van der Waals surface area contributed by atoms with Crippen LogP contribution in [0.25, 0.3) is 0 Å². The van der Waals surface area contributed by atoms with Crippen molar-refractivity contribution in [2.75, 3.05) is 26.8 Å². The summed E-state index contributed by atoms with van der Waals surface area (Å²) in [4.78, 5) is 32.4. The highest BCUT2D eigenvalue weighted by atomic mass is 16.5. The zero-order valence-electron chi connectivity index (χ0n) is 19.4. The molecular weight excluding hydrogens is 442 g/mol. The molecule has 0 aromatic heterocycles. The number of ether oxygens (including phenoxy) is 3. The van der Waals surface area contributed by atoms with Gasteiger partial charge in [0.1, 0.15) is 6.61 Å². The van der Waals surface area contributed by atoms with Gasteiger partial charge in [-0.15, -0.1) is 0 Å². The number of hydrogen-bond donors (Lipinski definition) is 2. The second-order valence-corrected chi connectivity index (χ2v) is 7.67. The summed E-state index contributed by atoms with van der Waals surface area (Å²) in [5.74, 6) is -2.17. The third-order valence-electron chi connectivity index (χ3n) is 5.26. The van der Waals surface area contributed by atoms with Crippen molar-refractivity contribution >= 4 is 17.9 Å². The molecule has 1 fully saturated rings. The molecule has 0 radical (unpaired) electrons. The first kappa shape index (κ1) is 26.7. The molecule has 2 N–H and O–H groups in total. The number of piperidine rings is 1. The fourth-order valence-corrected chi connectivity index (χ4v) is 3.51. The Hall–Kier alpha value is -3.59. The van der Waals surface area contributed by atoms with Crippen molar-refractivity contribution in [3.8, 4) is 11.5 Å². The Kier molecular flexibility index (Phi) is 10.9. The highest BCUT2D eigenvalue weighted by Gasteiger charge is 2.26. The molecule has 0 atom stereocenters. The van der Waals surface area contributed by atoms with E-state index in [4.69, 9.17) is 34.0 Å². The number of aliphatic carboxylic acids is 2. The van der Waals surface area contributed by atoms with Crippen LogP contribution in [0.1, 0.15) is 30.9 Å². The van der Waals surface area contributed by atoms with E-state index < -0.39 is 11.9 Å².